The van der Waals surface area contributed by atoms with Gasteiger partial charge in [0.15, 0.2) is 0 Å². The minimum absolute atomic E-state index is 0.135. The van der Waals surface area contributed by atoms with Crippen molar-refractivity contribution in [2.45, 2.75) is 57.2 Å². The van der Waals surface area contributed by atoms with E-state index in [0.717, 1.165) is 12.8 Å². The number of carbonyl (C=O) groups is 2. The molecule has 0 heterocycles. The molecule has 0 spiro atoms. The minimum Gasteiger partial charge on any atom is -0.481 e. The third-order valence-electron chi connectivity index (χ3n) is 4.67. The fourth-order valence-corrected chi connectivity index (χ4v) is 3.47. The summed E-state index contributed by atoms with van der Waals surface area (Å²) in [7, 11) is 0. The number of hydrogen-bond donors (Lipinski definition) is 2. The van der Waals surface area contributed by atoms with Crippen LogP contribution in [-0.2, 0) is 9.59 Å². The highest BCUT2D eigenvalue weighted by molar-refractivity contribution is 5.81. The van der Waals surface area contributed by atoms with Crippen LogP contribution in [0, 0.1) is 17.8 Å². The standard InChI is InChI=1S/C14H20F3NO3/c15-14(16,17)11(8-3-1-2-4-8)18-12(19)9-5-6-10(7-9)13(20)21/h8-11H,1-7H2,(H,18,19)(H,20,21)/t9-,10+,11?/m0/s1. The van der Waals surface area contributed by atoms with Crippen LogP contribution in [0.1, 0.15) is 44.9 Å². The van der Waals surface area contributed by atoms with Gasteiger partial charge in [-0.3, -0.25) is 9.59 Å². The van der Waals surface area contributed by atoms with Gasteiger partial charge in [0.05, 0.1) is 5.92 Å². The molecule has 0 aromatic rings. The maximum atomic E-state index is 13.1. The summed E-state index contributed by atoms with van der Waals surface area (Å²) in [5.74, 6) is -3.40. The Morgan fingerprint density at radius 3 is 2.10 bits per heavy atom. The van der Waals surface area contributed by atoms with Gasteiger partial charge in [0.1, 0.15) is 6.04 Å². The van der Waals surface area contributed by atoms with Crippen molar-refractivity contribution < 1.29 is 27.9 Å². The van der Waals surface area contributed by atoms with E-state index in [4.69, 9.17) is 5.11 Å². The van der Waals surface area contributed by atoms with Gasteiger partial charge in [-0.15, -0.1) is 0 Å². The van der Waals surface area contributed by atoms with E-state index in [-0.39, 0.29) is 6.42 Å². The number of carboxylic acids is 1. The van der Waals surface area contributed by atoms with Gasteiger partial charge < -0.3 is 10.4 Å². The summed E-state index contributed by atoms with van der Waals surface area (Å²) in [5.41, 5.74) is 0. The van der Waals surface area contributed by atoms with Crippen molar-refractivity contribution in [2.24, 2.45) is 17.8 Å². The first-order chi connectivity index (χ1) is 9.79. The molecule has 1 amide bonds. The van der Waals surface area contributed by atoms with Gasteiger partial charge in [0.2, 0.25) is 5.91 Å². The molecule has 7 heteroatoms. The second kappa shape index (κ2) is 6.23. The van der Waals surface area contributed by atoms with Crippen LogP contribution in [0.15, 0.2) is 0 Å². The SMILES string of the molecule is O=C(O)[C@@H]1CC[C@H](C(=O)NC(C2CCCC2)C(F)(F)F)C1. The smallest absolute Gasteiger partial charge is 0.408 e. The molecule has 0 aliphatic heterocycles. The highest BCUT2D eigenvalue weighted by atomic mass is 19.4. The lowest BCUT2D eigenvalue weighted by Gasteiger charge is -2.28. The highest BCUT2D eigenvalue weighted by Crippen LogP contribution is 2.37. The van der Waals surface area contributed by atoms with Gasteiger partial charge in [-0.25, -0.2) is 0 Å². The summed E-state index contributed by atoms with van der Waals surface area (Å²) >= 11 is 0. The minimum atomic E-state index is -4.45. The number of nitrogens with one attached hydrogen (secondary N) is 1. The van der Waals surface area contributed by atoms with E-state index in [0.29, 0.717) is 25.7 Å². The van der Waals surface area contributed by atoms with Crippen LogP contribution in [0.25, 0.3) is 0 Å². The van der Waals surface area contributed by atoms with Crippen LogP contribution in [0.4, 0.5) is 13.2 Å². The van der Waals surface area contributed by atoms with Crippen molar-refractivity contribution in [3.63, 3.8) is 0 Å². The van der Waals surface area contributed by atoms with Crippen LogP contribution in [-0.4, -0.2) is 29.2 Å². The third-order valence-corrected chi connectivity index (χ3v) is 4.67. The van der Waals surface area contributed by atoms with Crippen LogP contribution in [0.3, 0.4) is 0 Å². The summed E-state index contributed by atoms with van der Waals surface area (Å²) in [4.78, 5) is 22.9. The number of carboxylic acid groups (broad SMARTS) is 1. The molecule has 2 saturated carbocycles. The van der Waals surface area contributed by atoms with E-state index in [1.54, 1.807) is 0 Å². The maximum absolute atomic E-state index is 13.1. The number of halogens is 3. The van der Waals surface area contributed by atoms with Crippen LogP contribution in [0.5, 0.6) is 0 Å². The summed E-state index contributed by atoms with van der Waals surface area (Å²) in [6.45, 7) is 0. The van der Waals surface area contributed by atoms with Crippen LogP contribution in [0.2, 0.25) is 0 Å². The zero-order chi connectivity index (χ0) is 15.6. The molecule has 4 nitrogen and oxygen atoms in total. The molecule has 2 N–H and O–H groups in total. The zero-order valence-electron chi connectivity index (χ0n) is 11.7. The lowest BCUT2D eigenvalue weighted by molar-refractivity contribution is -0.173. The molecule has 0 aromatic heterocycles. The predicted octanol–water partition coefficient (Wildman–Crippen LogP) is 2.72. The van der Waals surface area contributed by atoms with Gasteiger partial charge >= 0.3 is 12.1 Å². The molecule has 0 bridgehead atoms. The van der Waals surface area contributed by atoms with Crippen molar-refractivity contribution in [1.82, 2.24) is 5.32 Å². The number of amides is 1. The second-order valence-corrected chi connectivity index (χ2v) is 6.12. The van der Waals surface area contributed by atoms with E-state index < -0.39 is 41.8 Å². The Morgan fingerprint density at radius 2 is 1.62 bits per heavy atom. The van der Waals surface area contributed by atoms with Crippen molar-refractivity contribution in [2.75, 3.05) is 0 Å². The van der Waals surface area contributed by atoms with Gasteiger partial charge in [0, 0.05) is 5.92 Å². The lowest BCUT2D eigenvalue weighted by atomic mass is 9.96. The largest absolute Gasteiger partial charge is 0.481 e. The highest BCUT2D eigenvalue weighted by Gasteiger charge is 2.47. The van der Waals surface area contributed by atoms with Gasteiger partial charge in [-0.2, -0.15) is 13.2 Å². The molecule has 0 aromatic carbocycles. The Bertz CT molecular complexity index is 405. The van der Waals surface area contributed by atoms with Crippen LogP contribution >= 0.6 is 0 Å². The molecule has 2 fully saturated rings. The Morgan fingerprint density at radius 1 is 1.05 bits per heavy atom. The third kappa shape index (κ3) is 3.89. The molecule has 1 unspecified atom stereocenters. The molecule has 0 radical (unpaired) electrons. The molecular weight excluding hydrogens is 287 g/mol. The summed E-state index contributed by atoms with van der Waals surface area (Å²) in [6.07, 6.45) is -1.13. The van der Waals surface area contributed by atoms with E-state index in [9.17, 15) is 22.8 Å². The summed E-state index contributed by atoms with van der Waals surface area (Å²) < 4.78 is 39.3. The van der Waals surface area contributed by atoms with Crippen molar-refractivity contribution in [1.29, 1.82) is 0 Å². The summed E-state index contributed by atoms with van der Waals surface area (Å²) in [5, 5.41) is 11.0. The molecule has 2 rings (SSSR count). The van der Waals surface area contributed by atoms with E-state index >= 15 is 0 Å². The Hall–Kier alpha value is -1.27. The van der Waals surface area contributed by atoms with Gasteiger partial charge in [-0.1, -0.05) is 12.8 Å². The topological polar surface area (TPSA) is 66.4 Å². The molecule has 21 heavy (non-hydrogen) atoms. The Kier molecular flexibility index (Phi) is 4.78. The quantitative estimate of drug-likeness (QED) is 0.839. The first-order valence-corrected chi connectivity index (χ1v) is 7.39. The molecule has 120 valence electrons. The average Bonchev–Trinajstić information content (AvgIpc) is 3.05. The first-order valence-electron chi connectivity index (χ1n) is 7.39. The fourth-order valence-electron chi connectivity index (χ4n) is 3.47. The summed E-state index contributed by atoms with van der Waals surface area (Å²) in [6, 6.07) is -1.80. The molecule has 2 aliphatic carbocycles. The first kappa shape index (κ1) is 16.1. The van der Waals surface area contributed by atoms with Crippen molar-refractivity contribution >= 4 is 11.9 Å². The maximum Gasteiger partial charge on any atom is 0.408 e. The second-order valence-electron chi connectivity index (χ2n) is 6.12. The number of hydrogen-bond acceptors (Lipinski definition) is 2. The van der Waals surface area contributed by atoms with Crippen molar-refractivity contribution in [3.8, 4) is 0 Å². The number of alkyl halides is 3. The molecule has 2 aliphatic rings. The number of aliphatic carboxylic acids is 1. The fraction of sp³-hybridized carbons (Fsp3) is 0.857. The van der Waals surface area contributed by atoms with Crippen LogP contribution < -0.4 is 5.32 Å². The zero-order valence-corrected chi connectivity index (χ0v) is 11.7. The Balaban J connectivity index is 1.97. The van der Waals surface area contributed by atoms with Crippen molar-refractivity contribution in [3.05, 3.63) is 0 Å². The number of rotatable bonds is 4. The van der Waals surface area contributed by atoms with Gasteiger partial charge in [-0.05, 0) is 38.0 Å². The monoisotopic (exact) mass is 307 g/mol. The average molecular weight is 307 g/mol. The number of carbonyl (C=O) groups excluding carboxylic acids is 1. The normalized spacial score (nSPS) is 28.5. The van der Waals surface area contributed by atoms with E-state index in [1.165, 1.54) is 0 Å². The molecule has 0 saturated heterocycles. The lowest BCUT2D eigenvalue weighted by Crippen LogP contribution is -2.51. The molecular formula is C14H20F3NO3. The molecule has 3 atom stereocenters. The Labute approximate surface area is 121 Å². The predicted molar refractivity (Wildman–Crippen MR) is 68.4 cm³/mol. The van der Waals surface area contributed by atoms with E-state index in [1.807, 2.05) is 0 Å². The van der Waals surface area contributed by atoms with E-state index in [2.05, 4.69) is 5.32 Å². The van der Waals surface area contributed by atoms with Gasteiger partial charge in [0.25, 0.3) is 0 Å².